The highest BCUT2D eigenvalue weighted by Gasteiger charge is 2.09. The van der Waals surface area contributed by atoms with Gasteiger partial charge in [0, 0.05) is 18.8 Å². The molecule has 1 fully saturated rings. The summed E-state index contributed by atoms with van der Waals surface area (Å²) in [5.74, 6) is 0. The summed E-state index contributed by atoms with van der Waals surface area (Å²) in [7, 11) is -4.89. The predicted octanol–water partition coefficient (Wildman–Crippen LogP) is 2.19. The number of piperidine rings is 1. The smallest absolute Gasteiger partial charge is 0.372 e. The van der Waals surface area contributed by atoms with Crippen LogP contribution in [-0.4, -0.2) is 22.9 Å². The molecule has 1 heterocycles. The van der Waals surface area contributed by atoms with E-state index in [0.29, 0.717) is 0 Å². The Bertz CT molecular complexity index is 351. The molecule has 0 spiro atoms. The van der Waals surface area contributed by atoms with Gasteiger partial charge in [-0.05, 0) is 31.4 Å². The quantitative estimate of drug-likeness (QED) is 0.756. The number of anilines is 1. The Kier molecular flexibility index (Phi) is 5.65. The van der Waals surface area contributed by atoms with Gasteiger partial charge in [-0.1, -0.05) is 18.2 Å². The first-order valence-electron chi connectivity index (χ1n) is 5.53. The summed E-state index contributed by atoms with van der Waals surface area (Å²) in [6, 6.07) is 10.7. The molecule has 1 aliphatic heterocycles. The maximum atomic E-state index is 8.77. The van der Waals surface area contributed by atoms with Crippen LogP contribution in [0.25, 0.3) is 0 Å². The van der Waals surface area contributed by atoms with Crippen molar-refractivity contribution in [3.63, 3.8) is 0 Å². The molecular weight excluding hydrogens is 241 g/mol. The van der Waals surface area contributed by atoms with Crippen LogP contribution in [0.1, 0.15) is 19.3 Å². The highest BCUT2D eigenvalue weighted by atomic mass is 31.2. The minimum Gasteiger partial charge on any atom is -0.372 e. The molecule has 1 aliphatic rings. The fourth-order valence-electron chi connectivity index (χ4n) is 1.79. The van der Waals surface area contributed by atoms with Crippen LogP contribution in [0.2, 0.25) is 0 Å². The lowest BCUT2D eigenvalue weighted by Gasteiger charge is -2.28. The van der Waals surface area contributed by atoms with Crippen molar-refractivity contribution in [1.29, 1.82) is 0 Å². The predicted molar refractivity (Wildman–Crippen MR) is 65.2 cm³/mol. The molecule has 1 radical (unpaired) electrons. The SMILES string of the molecule is [O]P(=O)(O)O.c1ccc(N2CCCCC2)cc1. The highest BCUT2D eigenvalue weighted by Crippen LogP contribution is 2.27. The first kappa shape index (κ1) is 14.2. The average Bonchev–Trinajstić information content (AvgIpc) is 2.29. The molecular formula is C11H17NO4P. The Morgan fingerprint density at radius 3 is 1.94 bits per heavy atom. The first-order valence-corrected chi connectivity index (χ1v) is 7.06. The first-order chi connectivity index (χ1) is 7.97. The second kappa shape index (κ2) is 6.77. The van der Waals surface area contributed by atoms with Crippen LogP contribution >= 0.6 is 7.82 Å². The van der Waals surface area contributed by atoms with Crippen molar-refractivity contribution in [2.45, 2.75) is 19.3 Å². The van der Waals surface area contributed by atoms with E-state index in [-0.39, 0.29) is 0 Å². The molecule has 2 N–H and O–H groups in total. The zero-order valence-corrected chi connectivity index (χ0v) is 10.4. The zero-order valence-electron chi connectivity index (χ0n) is 9.53. The zero-order chi connectivity index (χ0) is 12.7. The standard InChI is InChI=1S/C11H15N.H2O4P/c1-3-7-11(8-4-1)12-9-5-2-6-10-12;1-5(2,3)4/h1,3-4,7-8H,2,5-6,9-10H2;(H2,1,2,3). The van der Waals surface area contributed by atoms with E-state index in [0.717, 1.165) is 0 Å². The lowest BCUT2D eigenvalue weighted by Crippen LogP contribution is -2.29. The number of nitrogens with zero attached hydrogens (tertiary/aromatic N) is 1. The Morgan fingerprint density at radius 1 is 1.00 bits per heavy atom. The molecule has 0 amide bonds. The van der Waals surface area contributed by atoms with Gasteiger partial charge in [-0.25, -0.2) is 4.57 Å². The Labute approximate surface area is 101 Å². The topological polar surface area (TPSA) is 80.7 Å². The van der Waals surface area contributed by atoms with Crippen LogP contribution < -0.4 is 4.90 Å². The van der Waals surface area contributed by atoms with Crippen molar-refractivity contribution in [1.82, 2.24) is 0 Å². The summed E-state index contributed by atoms with van der Waals surface area (Å²) in [6.07, 6.45) is 4.12. The number of benzene rings is 1. The fourth-order valence-corrected chi connectivity index (χ4v) is 1.79. The van der Waals surface area contributed by atoms with Crippen molar-refractivity contribution in [3.8, 4) is 0 Å². The van der Waals surface area contributed by atoms with Gasteiger partial charge in [0.2, 0.25) is 0 Å². The van der Waals surface area contributed by atoms with Gasteiger partial charge in [-0.15, -0.1) is 4.89 Å². The van der Waals surface area contributed by atoms with Gasteiger partial charge in [0.25, 0.3) is 0 Å². The van der Waals surface area contributed by atoms with Crippen LogP contribution in [0.3, 0.4) is 0 Å². The number of hydrogen-bond acceptors (Lipinski definition) is 2. The molecule has 0 unspecified atom stereocenters. The van der Waals surface area contributed by atoms with E-state index in [1.807, 2.05) is 0 Å². The number of para-hydroxylation sites is 1. The third-order valence-electron chi connectivity index (χ3n) is 2.48. The highest BCUT2D eigenvalue weighted by molar-refractivity contribution is 7.44. The normalized spacial score (nSPS) is 16.1. The summed E-state index contributed by atoms with van der Waals surface area (Å²) in [4.78, 5) is 25.4. The molecule has 17 heavy (non-hydrogen) atoms. The minimum absolute atomic E-state index is 1.24. The van der Waals surface area contributed by atoms with E-state index in [1.54, 1.807) is 0 Å². The lowest BCUT2D eigenvalue weighted by molar-refractivity contribution is 0.235. The van der Waals surface area contributed by atoms with Gasteiger partial charge in [-0.3, -0.25) is 0 Å². The molecule has 1 aromatic carbocycles. The third kappa shape index (κ3) is 7.13. The molecule has 1 saturated heterocycles. The Balaban J connectivity index is 0.000000249. The van der Waals surface area contributed by atoms with Crippen LogP contribution in [-0.2, 0) is 9.46 Å². The molecule has 0 saturated carbocycles. The van der Waals surface area contributed by atoms with Crippen molar-refractivity contribution in [3.05, 3.63) is 30.3 Å². The number of hydrogen-bond donors (Lipinski definition) is 2. The molecule has 1 aromatic rings. The maximum Gasteiger partial charge on any atom is 0.497 e. The summed E-state index contributed by atoms with van der Waals surface area (Å²) in [6.45, 7) is 2.48. The summed E-state index contributed by atoms with van der Waals surface area (Å²) >= 11 is 0. The molecule has 0 atom stereocenters. The average molecular weight is 258 g/mol. The second-order valence-electron chi connectivity index (χ2n) is 3.87. The molecule has 0 aliphatic carbocycles. The van der Waals surface area contributed by atoms with E-state index >= 15 is 0 Å². The summed E-state index contributed by atoms with van der Waals surface area (Å²) in [5.41, 5.74) is 1.39. The van der Waals surface area contributed by atoms with E-state index in [1.165, 1.54) is 38.0 Å². The third-order valence-corrected chi connectivity index (χ3v) is 2.48. The van der Waals surface area contributed by atoms with Crippen LogP contribution in [0.15, 0.2) is 30.3 Å². The minimum atomic E-state index is -4.89. The van der Waals surface area contributed by atoms with Crippen molar-refractivity contribution in [2.24, 2.45) is 0 Å². The Morgan fingerprint density at radius 2 is 1.47 bits per heavy atom. The van der Waals surface area contributed by atoms with E-state index in [2.05, 4.69) is 35.2 Å². The van der Waals surface area contributed by atoms with Gasteiger partial charge in [0.1, 0.15) is 0 Å². The van der Waals surface area contributed by atoms with Crippen LogP contribution in [0.4, 0.5) is 5.69 Å². The summed E-state index contributed by atoms with van der Waals surface area (Å²) < 4.78 is 8.77. The molecule has 0 aromatic heterocycles. The number of rotatable bonds is 1. The van der Waals surface area contributed by atoms with Crippen molar-refractivity contribution < 1.29 is 19.2 Å². The molecule has 2 rings (SSSR count). The molecule has 5 nitrogen and oxygen atoms in total. The van der Waals surface area contributed by atoms with Gasteiger partial charge < -0.3 is 14.7 Å². The lowest BCUT2D eigenvalue weighted by atomic mass is 10.1. The van der Waals surface area contributed by atoms with E-state index < -0.39 is 7.82 Å². The summed E-state index contributed by atoms with van der Waals surface area (Å²) in [5, 5.41) is 0. The largest absolute Gasteiger partial charge is 0.497 e. The van der Waals surface area contributed by atoms with E-state index in [4.69, 9.17) is 19.2 Å². The van der Waals surface area contributed by atoms with Crippen LogP contribution in [0.5, 0.6) is 0 Å². The molecule has 95 valence electrons. The van der Waals surface area contributed by atoms with Gasteiger partial charge >= 0.3 is 7.82 Å². The van der Waals surface area contributed by atoms with Crippen LogP contribution in [0, 0.1) is 0 Å². The van der Waals surface area contributed by atoms with E-state index in [9.17, 15) is 0 Å². The van der Waals surface area contributed by atoms with Crippen molar-refractivity contribution in [2.75, 3.05) is 18.0 Å². The Hall–Kier alpha value is -0.870. The van der Waals surface area contributed by atoms with Gasteiger partial charge in [0.05, 0.1) is 0 Å². The maximum absolute atomic E-state index is 8.77. The molecule has 0 bridgehead atoms. The van der Waals surface area contributed by atoms with Gasteiger partial charge in [0.15, 0.2) is 0 Å². The monoisotopic (exact) mass is 258 g/mol. The molecule has 6 heteroatoms. The van der Waals surface area contributed by atoms with Gasteiger partial charge in [-0.2, -0.15) is 0 Å². The second-order valence-corrected chi connectivity index (χ2v) is 4.85. The fraction of sp³-hybridized carbons (Fsp3) is 0.455. The van der Waals surface area contributed by atoms with Crippen molar-refractivity contribution >= 4 is 13.5 Å².